The van der Waals surface area contributed by atoms with E-state index in [4.69, 9.17) is 0 Å². The van der Waals surface area contributed by atoms with Crippen LogP contribution in [0, 0.1) is 6.92 Å². The number of aliphatic imine (C=N–C) groups is 1. The van der Waals surface area contributed by atoms with E-state index in [9.17, 15) is 5.11 Å². The summed E-state index contributed by atoms with van der Waals surface area (Å²) in [6.07, 6.45) is 1.99. The Kier molecular flexibility index (Phi) is 10.7. The molecule has 1 aromatic heterocycles. The third kappa shape index (κ3) is 7.70. The second-order valence-electron chi connectivity index (χ2n) is 5.66. The minimum atomic E-state index is 0. The molecule has 0 aliphatic heterocycles. The molecule has 5 nitrogen and oxygen atoms in total. The molecule has 0 aliphatic rings. The molecule has 3 N–H and O–H groups in total. The molecule has 0 fully saturated rings. The Morgan fingerprint density at radius 1 is 1.28 bits per heavy atom. The van der Waals surface area contributed by atoms with Gasteiger partial charge in [-0.3, -0.25) is 4.99 Å². The molecule has 25 heavy (non-hydrogen) atoms. The first-order valence-corrected chi connectivity index (χ1v) is 9.12. The minimum Gasteiger partial charge on any atom is -0.396 e. The highest BCUT2D eigenvalue weighted by atomic mass is 127. The Bertz CT molecular complexity index is 633. The quantitative estimate of drug-likeness (QED) is 0.238. The maximum Gasteiger partial charge on any atom is 0.190 e. The largest absolute Gasteiger partial charge is 0.396 e. The molecule has 2 aromatic rings. The van der Waals surface area contributed by atoms with E-state index < -0.39 is 0 Å². The number of hydrogen-bond acceptors (Lipinski definition) is 4. The van der Waals surface area contributed by atoms with Gasteiger partial charge >= 0.3 is 0 Å². The summed E-state index contributed by atoms with van der Waals surface area (Å²) in [7, 11) is 1.76. The number of hydrogen-bond donors (Lipinski definition) is 3. The molecule has 0 bridgehead atoms. The lowest BCUT2D eigenvalue weighted by atomic mass is 10.0. The molecule has 7 heteroatoms. The first-order valence-electron chi connectivity index (χ1n) is 8.24. The number of aliphatic hydroxyl groups is 1. The van der Waals surface area contributed by atoms with Crippen molar-refractivity contribution in [3.8, 4) is 0 Å². The smallest absolute Gasteiger partial charge is 0.190 e. The van der Waals surface area contributed by atoms with Gasteiger partial charge < -0.3 is 15.7 Å². The van der Waals surface area contributed by atoms with Crippen LogP contribution in [0.25, 0.3) is 0 Å². The van der Waals surface area contributed by atoms with Gasteiger partial charge in [0, 0.05) is 43.5 Å². The first-order chi connectivity index (χ1) is 11.7. The molecule has 1 aromatic carbocycles. The van der Waals surface area contributed by atoms with Crippen molar-refractivity contribution in [1.82, 2.24) is 15.6 Å². The maximum absolute atomic E-state index is 9.60. The van der Waals surface area contributed by atoms with Crippen LogP contribution in [-0.4, -0.2) is 42.8 Å². The SMILES string of the molecule is CN=C(NCCCc1nc(C)cs1)NCC(CO)c1ccccc1.I. The van der Waals surface area contributed by atoms with Crippen LogP contribution in [0.4, 0.5) is 0 Å². The van der Waals surface area contributed by atoms with Crippen molar-refractivity contribution in [1.29, 1.82) is 0 Å². The van der Waals surface area contributed by atoms with Gasteiger partial charge in [0.1, 0.15) is 0 Å². The summed E-state index contributed by atoms with van der Waals surface area (Å²) in [6, 6.07) is 10.0. The molecule has 138 valence electrons. The Balaban J connectivity index is 0.00000312. The maximum atomic E-state index is 9.60. The van der Waals surface area contributed by atoms with Crippen LogP contribution >= 0.6 is 35.3 Å². The van der Waals surface area contributed by atoms with E-state index in [1.807, 2.05) is 37.3 Å². The number of aryl methyl sites for hydroxylation is 2. The van der Waals surface area contributed by atoms with Gasteiger partial charge in [-0.1, -0.05) is 30.3 Å². The number of nitrogens with zero attached hydrogens (tertiary/aromatic N) is 2. The minimum absolute atomic E-state index is 0. The summed E-state index contributed by atoms with van der Waals surface area (Å²) in [5.41, 5.74) is 2.22. The summed E-state index contributed by atoms with van der Waals surface area (Å²) in [4.78, 5) is 8.71. The lowest BCUT2D eigenvalue weighted by molar-refractivity contribution is 0.265. The van der Waals surface area contributed by atoms with Crippen LogP contribution in [0.2, 0.25) is 0 Å². The van der Waals surface area contributed by atoms with Gasteiger partial charge in [-0.05, 0) is 18.9 Å². The molecule has 1 unspecified atom stereocenters. The summed E-state index contributed by atoms with van der Waals surface area (Å²) in [5, 5.41) is 19.5. The van der Waals surface area contributed by atoms with Crippen molar-refractivity contribution < 1.29 is 5.11 Å². The molecule has 0 aliphatic carbocycles. The topological polar surface area (TPSA) is 69.5 Å². The number of halogens is 1. The number of guanidine groups is 1. The third-order valence-corrected chi connectivity index (χ3v) is 4.78. The molecule has 0 radical (unpaired) electrons. The molecule has 0 saturated heterocycles. The molecular weight excluding hydrogens is 447 g/mol. The van der Waals surface area contributed by atoms with Crippen molar-refractivity contribution >= 4 is 41.3 Å². The Morgan fingerprint density at radius 3 is 2.64 bits per heavy atom. The van der Waals surface area contributed by atoms with Crippen LogP contribution in [-0.2, 0) is 6.42 Å². The van der Waals surface area contributed by atoms with Gasteiger partial charge in [-0.15, -0.1) is 35.3 Å². The van der Waals surface area contributed by atoms with Gasteiger partial charge in [0.05, 0.1) is 11.6 Å². The standard InChI is InChI=1S/C18H26N4OS.HI/c1-14-13-24-17(22-14)9-6-10-20-18(19-2)21-11-16(12-23)15-7-4-3-5-8-15;/h3-5,7-8,13,16,23H,6,9-12H2,1-2H3,(H2,19,20,21);1H. The first kappa shape index (κ1) is 21.9. The van der Waals surface area contributed by atoms with Crippen molar-refractivity contribution in [3.05, 3.63) is 52.0 Å². The fourth-order valence-electron chi connectivity index (χ4n) is 2.42. The van der Waals surface area contributed by atoms with Gasteiger partial charge in [0.2, 0.25) is 0 Å². The predicted octanol–water partition coefficient (Wildman–Crippen LogP) is 2.94. The normalized spacial score (nSPS) is 12.4. The van der Waals surface area contributed by atoms with Crippen LogP contribution in [0.15, 0.2) is 40.7 Å². The van der Waals surface area contributed by atoms with Gasteiger partial charge in [-0.25, -0.2) is 4.98 Å². The highest BCUT2D eigenvalue weighted by molar-refractivity contribution is 14.0. The number of aromatic nitrogens is 1. The molecule has 1 heterocycles. The average Bonchev–Trinajstić information content (AvgIpc) is 3.03. The van der Waals surface area contributed by atoms with Crippen LogP contribution in [0.5, 0.6) is 0 Å². The fourth-order valence-corrected chi connectivity index (χ4v) is 3.24. The number of rotatable bonds is 8. The van der Waals surface area contributed by atoms with Gasteiger partial charge in [0.15, 0.2) is 5.96 Å². The second kappa shape index (κ2) is 12.2. The average molecular weight is 474 g/mol. The van der Waals surface area contributed by atoms with E-state index in [1.165, 1.54) is 5.01 Å². The van der Waals surface area contributed by atoms with E-state index in [2.05, 4.69) is 26.0 Å². The number of thiazole rings is 1. The number of aliphatic hydroxyl groups excluding tert-OH is 1. The van der Waals surface area contributed by atoms with Crippen molar-refractivity contribution in [2.75, 3.05) is 26.7 Å². The fraction of sp³-hybridized carbons (Fsp3) is 0.444. The summed E-state index contributed by atoms with van der Waals surface area (Å²) >= 11 is 1.72. The Labute approximate surface area is 171 Å². The van der Waals surface area contributed by atoms with Crippen LogP contribution < -0.4 is 10.6 Å². The van der Waals surface area contributed by atoms with Crippen LogP contribution in [0.1, 0.15) is 28.6 Å². The van der Waals surface area contributed by atoms with E-state index >= 15 is 0 Å². The molecule has 0 amide bonds. The second-order valence-corrected chi connectivity index (χ2v) is 6.60. The highest BCUT2D eigenvalue weighted by Gasteiger charge is 2.10. The van der Waals surface area contributed by atoms with E-state index in [-0.39, 0.29) is 36.5 Å². The third-order valence-electron chi connectivity index (χ3n) is 3.76. The zero-order valence-electron chi connectivity index (χ0n) is 14.7. The number of benzene rings is 1. The lowest BCUT2D eigenvalue weighted by Crippen LogP contribution is -2.40. The van der Waals surface area contributed by atoms with Crippen molar-refractivity contribution in [2.45, 2.75) is 25.7 Å². The monoisotopic (exact) mass is 474 g/mol. The lowest BCUT2D eigenvalue weighted by Gasteiger charge is -2.18. The number of nitrogens with one attached hydrogen (secondary N) is 2. The van der Waals surface area contributed by atoms with Crippen LogP contribution in [0.3, 0.4) is 0 Å². The molecule has 1 atom stereocenters. The molecule has 0 spiro atoms. The van der Waals surface area contributed by atoms with Gasteiger partial charge in [0.25, 0.3) is 0 Å². The Morgan fingerprint density at radius 2 is 2.04 bits per heavy atom. The zero-order valence-corrected chi connectivity index (χ0v) is 17.9. The van der Waals surface area contributed by atoms with Gasteiger partial charge in [-0.2, -0.15) is 0 Å². The summed E-state index contributed by atoms with van der Waals surface area (Å²) in [6.45, 7) is 3.62. The zero-order chi connectivity index (χ0) is 17.2. The summed E-state index contributed by atoms with van der Waals surface area (Å²) < 4.78 is 0. The van der Waals surface area contributed by atoms with Crippen molar-refractivity contribution in [2.24, 2.45) is 4.99 Å². The highest BCUT2D eigenvalue weighted by Crippen LogP contribution is 2.13. The summed E-state index contributed by atoms with van der Waals surface area (Å²) in [5.74, 6) is 0.822. The molecule has 0 saturated carbocycles. The van der Waals surface area contributed by atoms with Crippen molar-refractivity contribution in [3.63, 3.8) is 0 Å². The molecule has 2 rings (SSSR count). The van der Waals surface area contributed by atoms with E-state index in [0.717, 1.165) is 36.6 Å². The predicted molar refractivity (Wildman–Crippen MR) is 116 cm³/mol. The molecular formula is C18H27IN4OS. The Hall–Kier alpha value is -1.19. The van der Waals surface area contributed by atoms with E-state index in [1.54, 1.807) is 18.4 Å². The van der Waals surface area contributed by atoms with E-state index in [0.29, 0.717) is 6.54 Å².